The van der Waals surface area contributed by atoms with Crippen LogP contribution in [-0.2, 0) is 4.74 Å². The van der Waals surface area contributed by atoms with Crippen LogP contribution in [0.5, 0.6) is 0 Å². The first kappa shape index (κ1) is 13.5. The van der Waals surface area contributed by atoms with Crippen molar-refractivity contribution >= 4 is 11.6 Å². The number of aryl methyl sites for hydroxylation is 1. The van der Waals surface area contributed by atoms with E-state index in [-0.39, 0.29) is 11.9 Å². The molecule has 94 valence electrons. The predicted octanol–water partition coefficient (Wildman–Crippen LogP) is 1.80. The highest BCUT2D eigenvalue weighted by molar-refractivity contribution is 5.95. The Morgan fingerprint density at radius 3 is 2.76 bits per heavy atom. The fraction of sp³-hybridized carbons (Fsp3) is 0.462. The van der Waals surface area contributed by atoms with Crippen molar-refractivity contribution in [3.8, 4) is 0 Å². The fourth-order valence-corrected chi connectivity index (χ4v) is 1.62. The zero-order chi connectivity index (χ0) is 12.8. The lowest BCUT2D eigenvalue weighted by Gasteiger charge is -2.17. The average Bonchev–Trinajstić information content (AvgIpc) is 2.31. The summed E-state index contributed by atoms with van der Waals surface area (Å²) in [6.45, 7) is 4.68. The van der Waals surface area contributed by atoms with Crippen molar-refractivity contribution in [1.29, 1.82) is 0 Å². The molecule has 2 N–H and O–H groups in total. The third-order valence-corrected chi connectivity index (χ3v) is 2.55. The largest absolute Gasteiger partial charge is 0.383 e. The number of nitrogens with one attached hydrogen (secondary N) is 2. The smallest absolute Gasteiger partial charge is 0.251 e. The topological polar surface area (TPSA) is 50.4 Å². The SMILES string of the molecule is CNC(=O)c1ccc(C)c(NC(C)COC)c1. The summed E-state index contributed by atoms with van der Waals surface area (Å²) >= 11 is 0. The molecule has 1 aromatic carbocycles. The summed E-state index contributed by atoms with van der Waals surface area (Å²) in [5.41, 5.74) is 2.74. The van der Waals surface area contributed by atoms with Gasteiger partial charge in [-0.1, -0.05) is 6.07 Å². The maximum atomic E-state index is 11.5. The van der Waals surface area contributed by atoms with Gasteiger partial charge in [0.05, 0.1) is 6.61 Å². The highest BCUT2D eigenvalue weighted by atomic mass is 16.5. The molecular formula is C13H20N2O2. The minimum Gasteiger partial charge on any atom is -0.383 e. The number of carbonyl (C=O) groups is 1. The van der Waals surface area contributed by atoms with Gasteiger partial charge in [0.1, 0.15) is 0 Å². The maximum absolute atomic E-state index is 11.5. The Balaban J connectivity index is 2.86. The first-order chi connectivity index (χ1) is 8.08. The van der Waals surface area contributed by atoms with Gasteiger partial charge in [-0.3, -0.25) is 4.79 Å². The number of carbonyl (C=O) groups excluding carboxylic acids is 1. The second-order valence-corrected chi connectivity index (χ2v) is 4.11. The van der Waals surface area contributed by atoms with Gasteiger partial charge >= 0.3 is 0 Å². The Bertz CT molecular complexity index is 391. The van der Waals surface area contributed by atoms with Gasteiger partial charge in [-0.05, 0) is 31.5 Å². The Kier molecular flexibility index (Phi) is 4.97. The fourth-order valence-electron chi connectivity index (χ4n) is 1.62. The molecule has 1 rings (SSSR count). The van der Waals surface area contributed by atoms with E-state index in [0.29, 0.717) is 12.2 Å². The lowest BCUT2D eigenvalue weighted by Crippen LogP contribution is -2.22. The van der Waals surface area contributed by atoms with Gasteiger partial charge in [0.2, 0.25) is 0 Å². The summed E-state index contributed by atoms with van der Waals surface area (Å²) in [5.74, 6) is -0.0764. The predicted molar refractivity (Wildman–Crippen MR) is 69.5 cm³/mol. The zero-order valence-corrected chi connectivity index (χ0v) is 10.8. The van der Waals surface area contributed by atoms with Gasteiger partial charge in [-0.15, -0.1) is 0 Å². The number of rotatable bonds is 5. The number of ether oxygens (including phenoxy) is 1. The van der Waals surface area contributed by atoms with Crippen LogP contribution in [0.15, 0.2) is 18.2 Å². The minimum atomic E-state index is -0.0764. The van der Waals surface area contributed by atoms with Crippen molar-refractivity contribution < 1.29 is 9.53 Å². The van der Waals surface area contributed by atoms with Crippen molar-refractivity contribution in [3.05, 3.63) is 29.3 Å². The monoisotopic (exact) mass is 236 g/mol. The van der Waals surface area contributed by atoms with Crippen molar-refractivity contribution in [2.45, 2.75) is 19.9 Å². The molecule has 0 heterocycles. The van der Waals surface area contributed by atoms with Crippen LogP contribution in [-0.4, -0.2) is 32.7 Å². The molecule has 0 saturated heterocycles. The third-order valence-electron chi connectivity index (χ3n) is 2.55. The molecule has 17 heavy (non-hydrogen) atoms. The van der Waals surface area contributed by atoms with Gasteiger partial charge in [0.25, 0.3) is 5.91 Å². The molecule has 1 amide bonds. The lowest BCUT2D eigenvalue weighted by molar-refractivity contribution is 0.0963. The van der Waals surface area contributed by atoms with Crippen molar-refractivity contribution in [2.75, 3.05) is 26.1 Å². The summed E-state index contributed by atoms with van der Waals surface area (Å²) in [7, 11) is 3.30. The number of anilines is 1. The Morgan fingerprint density at radius 2 is 2.18 bits per heavy atom. The minimum absolute atomic E-state index is 0.0764. The van der Waals surface area contributed by atoms with E-state index in [1.54, 1.807) is 14.2 Å². The van der Waals surface area contributed by atoms with Crippen LogP contribution in [0.4, 0.5) is 5.69 Å². The van der Waals surface area contributed by atoms with Gasteiger partial charge in [0.15, 0.2) is 0 Å². The highest BCUT2D eigenvalue weighted by Gasteiger charge is 2.08. The normalized spacial score (nSPS) is 12.0. The van der Waals surface area contributed by atoms with Crippen molar-refractivity contribution in [2.24, 2.45) is 0 Å². The number of benzene rings is 1. The van der Waals surface area contributed by atoms with Crippen LogP contribution < -0.4 is 10.6 Å². The molecule has 0 aliphatic rings. The lowest BCUT2D eigenvalue weighted by atomic mass is 10.1. The van der Waals surface area contributed by atoms with E-state index in [2.05, 4.69) is 10.6 Å². The van der Waals surface area contributed by atoms with Crippen LogP contribution in [0.2, 0.25) is 0 Å². The molecule has 4 heteroatoms. The molecule has 0 fully saturated rings. The molecule has 0 radical (unpaired) electrons. The van der Waals surface area contributed by atoms with Crippen LogP contribution in [0.1, 0.15) is 22.8 Å². The molecule has 0 aliphatic carbocycles. The van der Waals surface area contributed by atoms with E-state index in [1.807, 2.05) is 32.0 Å². The first-order valence-electron chi connectivity index (χ1n) is 5.66. The van der Waals surface area contributed by atoms with Gasteiger partial charge in [-0.25, -0.2) is 0 Å². The summed E-state index contributed by atoms with van der Waals surface area (Å²) < 4.78 is 5.07. The van der Waals surface area contributed by atoms with E-state index in [0.717, 1.165) is 11.3 Å². The quantitative estimate of drug-likeness (QED) is 0.819. The van der Waals surface area contributed by atoms with E-state index >= 15 is 0 Å². The number of hydrogen-bond acceptors (Lipinski definition) is 3. The molecule has 1 aromatic rings. The van der Waals surface area contributed by atoms with Crippen LogP contribution >= 0.6 is 0 Å². The van der Waals surface area contributed by atoms with E-state index < -0.39 is 0 Å². The second kappa shape index (κ2) is 6.25. The number of hydrogen-bond donors (Lipinski definition) is 2. The Hall–Kier alpha value is -1.55. The number of methoxy groups -OCH3 is 1. The first-order valence-corrected chi connectivity index (χ1v) is 5.66. The summed E-state index contributed by atoms with van der Waals surface area (Å²) in [4.78, 5) is 11.5. The Morgan fingerprint density at radius 1 is 1.47 bits per heavy atom. The van der Waals surface area contributed by atoms with E-state index in [4.69, 9.17) is 4.74 Å². The van der Waals surface area contributed by atoms with Crippen LogP contribution in [0, 0.1) is 6.92 Å². The molecule has 1 atom stereocenters. The van der Waals surface area contributed by atoms with Gasteiger partial charge in [0, 0.05) is 31.5 Å². The average molecular weight is 236 g/mol. The molecular weight excluding hydrogens is 216 g/mol. The Labute approximate surface area is 102 Å². The number of amides is 1. The highest BCUT2D eigenvalue weighted by Crippen LogP contribution is 2.17. The molecule has 0 aromatic heterocycles. The van der Waals surface area contributed by atoms with Gasteiger partial charge in [-0.2, -0.15) is 0 Å². The summed E-state index contributed by atoms with van der Waals surface area (Å²) in [6, 6.07) is 5.83. The van der Waals surface area contributed by atoms with Crippen molar-refractivity contribution in [1.82, 2.24) is 5.32 Å². The molecule has 4 nitrogen and oxygen atoms in total. The van der Waals surface area contributed by atoms with Crippen LogP contribution in [0.3, 0.4) is 0 Å². The second-order valence-electron chi connectivity index (χ2n) is 4.11. The standard InChI is InChI=1S/C13H20N2O2/c1-9-5-6-11(13(16)14-3)7-12(9)15-10(2)8-17-4/h5-7,10,15H,8H2,1-4H3,(H,14,16). The van der Waals surface area contributed by atoms with E-state index in [1.165, 1.54) is 0 Å². The maximum Gasteiger partial charge on any atom is 0.251 e. The molecule has 0 bridgehead atoms. The van der Waals surface area contributed by atoms with Crippen molar-refractivity contribution in [3.63, 3.8) is 0 Å². The molecule has 1 unspecified atom stereocenters. The molecule has 0 saturated carbocycles. The van der Waals surface area contributed by atoms with E-state index in [9.17, 15) is 4.79 Å². The zero-order valence-electron chi connectivity index (χ0n) is 10.8. The van der Waals surface area contributed by atoms with Gasteiger partial charge < -0.3 is 15.4 Å². The summed E-state index contributed by atoms with van der Waals surface area (Å²) in [6.07, 6.45) is 0. The van der Waals surface area contributed by atoms with Crippen LogP contribution in [0.25, 0.3) is 0 Å². The molecule has 0 aliphatic heterocycles. The summed E-state index contributed by atoms with van der Waals surface area (Å²) in [5, 5.41) is 5.94. The molecule has 0 spiro atoms. The third kappa shape index (κ3) is 3.75.